The highest BCUT2D eigenvalue weighted by atomic mass is 15.2. The summed E-state index contributed by atoms with van der Waals surface area (Å²) in [5.41, 5.74) is 7.89. The van der Waals surface area contributed by atoms with Crippen molar-refractivity contribution in [2.45, 2.75) is 40.3 Å². The third-order valence-electron chi connectivity index (χ3n) is 2.55. The molecule has 0 fully saturated rings. The monoisotopic (exact) mass is 207 g/mol. The van der Waals surface area contributed by atoms with Crippen LogP contribution in [0, 0.1) is 6.92 Å². The quantitative estimate of drug-likeness (QED) is 0.822. The van der Waals surface area contributed by atoms with Crippen LogP contribution in [0.2, 0.25) is 0 Å². The van der Waals surface area contributed by atoms with E-state index in [2.05, 4.69) is 36.7 Å². The molecule has 0 spiro atoms. The summed E-state index contributed by atoms with van der Waals surface area (Å²) < 4.78 is 0. The number of nitrogens with zero attached hydrogens (tertiary/aromatic N) is 2. The molecule has 0 aliphatic rings. The Morgan fingerprint density at radius 3 is 2.53 bits per heavy atom. The highest BCUT2D eigenvalue weighted by molar-refractivity contribution is 5.48. The lowest BCUT2D eigenvalue weighted by atomic mass is 10.2. The predicted octanol–water partition coefficient (Wildman–Crippen LogP) is 2.08. The second-order valence-electron chi connectivity index (χ2n) is 4.02. The van der Waals surface area contributed by atoms with Gasteiger partial charge in [0.05, 0.1) is 0 Å². The van der Waals surface area contributed by atoms with Crippen molar-refractivity contribution >= 4 is 5.82 Å². The van der Waals surface area contributed by atoms with Crippen LogP contribution in [-0.2, 0) is 6.54 Å². The van der Waals surface area contributed by atoms with Crippen LogP contribution in [0.25, 0.3) is 0 Å². The van der Waals surface area contributed by atoms with Crippen molar-refractivity contribution in [1.82, 2.24) is 4.98 Å². The topological polar surface area (TPSA) is 42.2 Å². The summed E-state index contributed by atoms with van der Waals surface area (Å²) in [6.45, 7) is 10.0. The molecule has 0 bridgehead atoms. The van der Waals surface area contributed by atoms with E-state index in [-0.39, 0.29) is 0 Å². The number of hydrogen-bond donors (Lipinski definition) is 1. The van der Waals surface area contributed by atoms with Gasteiger partial charge in [-0.05, 0) is 33.8 Å². The summed E-state index contributed by atoms with van der Waals surface area (Å²) in [6.07, 6.45) is 0. The Hall–Kier alpha value is -1.09. The van der Waals surface area contributed by atoms with Gasteiger partial charge in [-0.25, -0.2) is 4.98 Å². The fraction of sp³-hybridized carbons (Fsp3) is 0.583. The van der Waals surface area contributed by atoms with E-state index in [4.69, 9.17) is 5.73 Å². The summed E-state index contributed by atoms with van der Waals surface area (Å²) in [7, 11) is 0. The minimum Gasteiger partial charge on any atom is -0.354 e. The van der Waals surface area contributed by atoms with Gasteiger partial charge in [-0.1, -0.05) is 6.07 Å². The highest BCUT2D eigenvalue weighted by Gasteiger charge is 2.13. The summed E-state index contributed by atoms with van der Waals surface area (Å²) in [4.78, 5) is 6.86. The molecule has 3 nitrogen and oxygen atoms in total. The minimum atomic E-state index is 0.453. The molecule has 0 aliphatic heterocycles. The number of aromatic nitrogens is 1. The van der Waals surface area contributed by atoms with Gasteiger partial charge in [0.25, 0.3) is 0 Å². The molecule has 0 aromatic carbocycles. The number of nitrogens with two attached hydrogens (primary N) is 1. The third-order valence-corrected chi connectivity index (χ3v) is 2.55. The largest absolute Gasteiger partial charge is 0.354 e. The summed E-state index contributed by atoms with van der Waals surface area (Å²) in [6, 6.07) is 4.54. The van der Waals surface area contributed by atoms with Gasteiger partial charge in [-0.15, -0.1) is 0 Å². The average molecular weight is 207 g/mol. The summed E-state index contributed by atoms with van der Waals surface area (Å²) in [5.74, 6) is 1.04. The zero-order chi connectivity index (χ0) is 11.4. The normalized spacial score (nSPS) is 10.8. The zero-order valence-corrected chi connectivity index (χ0v) is 10.1. The van der Waals surface area contributed by atoms with Crippen molar-refractivity contribution in [3.8, 4) is 0 Å². The molecule has 2 N–H and O–H groups in total. The minimum absolute atomic E-state index is 0.453. The number of hydrogen-bond acceptors (Lipinski definition) is 3. The first-order valence-electron chi connectivity index (χ1n) is 5.53. The molecule has 15 heavy (non-hydrogen) atoms. The van der Waals surface area contributed by atoms with Gasteiger partial charge in [0, 0.05) is 30.4 Å². The maximum atomic E-state index is 5.73. The summed E-state index contributed by atoms with van der Waals surface area (Å²) >= 11 is 0. The third kappa shape index (κ3) is 2.69. The van der Waals surface area contributed by atoms with Gasteiger partial charge in [-0.2, -0.15) is 0 Å². The van der Waals surface area contributed by atoms with Crippen molar-refractivity contribution < 1.29 is 0 Å². The SMILES string of the molecule is CCN(c1nc(C)ccc1CN)C(C)C. The molecule has 0 unspecified atom stereocenters. The fourth-order valence-corrected chi connectivity index (χ4v) is 1.74. The lowest BCUT2D eigenvalue weighted by Gasteiger charge is -2.28. The van der Waals surface area contributed by atoms with E-state index in [9.17, 15) is 0 Å². The van der Waals surface area contributed by atoms with Crippen LogP contribution in [0.4, 0.5) is 5.82 Å². The molecule has 1 heterocycles. The molecule has 1 rings (SSSR count). The number of anilines is 1. The molecule has 0 saturated heterocycles. The van der Waals surface area contributed by atoms with Gasteiger partial charge in [-0.3, -0.25) is 0 Å². The maximum absolute atomic E-state index is 5.73. The summed E-state index contributed by atoms with van der Waals surface area (Å²) in [5, 5.41) is 0. The van der Waals surface area contributed by atoms with Crippen molar-refractivity contribution in [1.29, 1.82) is 0 Å². The van der Waals surface area contributed by atoms with Gasteiger partial charge in [0.2, 0.25) is 0 Å². The van der Waals surface area contributed by atoms with E-state index in [0.717, 1.165) is 23.6 Å². The van der Waals surface area contributed by atoms with Crippen LogP contribution in [0.15, 0.2) is 12.1 Å². The van der Waals surface area contributed by atoms with Crippen LogP contribution in [0.1, 0.15) is 32.0 Å². The second-order valence-corrected chi connectivity index (χ2v) is 4.02. The molecule has 3 heteroatoms. The first-order valence-corrected chi connectivity index (χ1v) is 5.53. The Labute approximate surface area is 92.3 Å². The molecule has 1 aromatic heterocycles. The van der Waals surface area contributed by atoms with Gasteiger partial charge >= 0.3 is 0 Å². The number of pyridine rings is 1. The van der Waals surface area contributed by atoms with E-state index in [1.165, 1.54) is 0 Å². The van der Waals surface area contributed by atoms with E-state index in [1.54, 1.807) is 0 Å². The fourth-order valence-electron chi connectivity index (χ4n) is 1.74. The molecular weight excluding hydrogens is 186 g/mol. The zero-order valence-electron chi connectivity index (χ0n) is 10.1. The van der Waals surface area contributed by atoms with E-state index >= 15 is 0 Å². The highest BCUT2D eigenvalue weighted by Crippen LogP contribution is 2.20. The van der Waals surface area contributed by atoms with Crippen molar-refractivity contribution in [3.63, 3.8) is 0 Å². The molecule has 0 atom stereocenters. The number of aryl methyl sites for hydroxylation is 1. The Morgan fingerprint density at radius 1 is 1.40 bits per heavy atom. The van der Waals surface area contributed by atoms with Crippen molar-refractivity contribution in [2.75, 3.05) is 11.4 Å². The van der Waals surface area contributed by atoms with E-state index in [0.29, 0.717) is 12.6 Å². The standard InChI is InChI=1S/C12H21N3/c1-5-15(9(2)3)12-11(8-13)7-6-10(4)14-12/h6-7,9H,5,8,13H2,1-4H3. The average Bonchev–Trinajstić information content (AvgIpc) is 2.18. The predicted molar refractivity (Wildman–Crippen MR) is 65.0 cm³/mol. The van der Waals surface area contributed by atoms with Crippen molar-refractivity contribution in [3.05, 3.63) is 23.4 Å². The van der Waals surface area contributed by atoms with Gasteiger partial charge in [0.1, 0.15) is 5.82 Å². The maximum Gasteiger partial charge on any atom is 0.133 e. The Morgan fingerprint density at radius 2 is 2.07 bits per heavy atom. The molecule has 0 saturated carbocycles. The Balaban J connectivity index is 3.13. The first-order chi connectivity index (χ1) is 7.10. The Bertz CT molecular complexity index is 321. The van der Waals surface area contributed by atoms with Crippen LogP contribution in [-0.4, -0.2) is 17.6 Å². The molecule has 1 aromatic rings. The van der Waals surface area contributed by atoms with E-state index < -0.39 is 0 Å². The second kappa shape index (κ2) is 5.12. The van der Waals surface area contributed by atoms with Crippen LogP contribution in [0.3, 0.4) is 0 Å². The number of rotatable bonds is 4. The molecule has 84 valence electrons. The molecular formula is C12H21N3. The van der Waals surface area contributed by atoms with Crippen molar-refractivity contribution in [2.24, 2.45) is 5.73 Å². The smallest absolute Gasteiger partial charge is 0.133 e. The lowest BCUT2D eigenvalue weighted by molar-refractivity contribution is 0.687. The van der Waals surface area contributed by atoms with Crippen LogP contribution < -0.4 is 10.6 Å². The van der Waals surface area contributed by atoms with E-state index in [1.807, 2.05) is 13.0 Å². The molecule has 0 aliphatic carbocycles. The lowest BCUT2D eigenvalue weighted by Crippen LogP contribution is -2.32. The Kier molecular flexibility index (Phi) is 4.09. The first kappa shape index (κ1) is 12.0. The van der Waals surface area contributed by atoms with Crippen LogP contribution in [0.5, 0.6) is 0 Å². The van der Waals surface area contributed by atoms with Gasteiger partial charge < -0.3 is 10.6 Å². The molecule has 0 amide bonds. The van der Waals surface area contributed by atoms with Gasteiger partial charge in [0.15, 0.2) is 0 Å². The van der Waals surface area contributed by atoms with Crippen LogP contribution >= 0.6 is 0 Å². The molecule has 0 radical (unpaired) electrons.